The van der Waals surface area contributed by atoms with Crippen molar-refractivity contribution in [1.82, 2.24) is 15.1 Å². The summed E-state index contributed by atoms with van der Waals surface area (Å²) in [5.41, 5.74) is 0.865. The highest BCUT2D eigenvalue weighted by Crippen LogP contribution is 2.49. The quantitative estimate of drug-likeness (QED) is 0.817. The number of rotatable bonds is 3. The molecule has 2 unspecified atom stereocenters. The molecule has 2 fully saturated rings. The number of hydrogen-bond donors (Lipinski definition) is 1. The molecule has 5 nitrogen and oxygen atoms in total. The Balaban J connectivity index is 1.74. The van der Waals surface area contributed by atoms with Gasteiger partial charge in [0, 0.05) is 31.5 Å². The molecule has 1 saturated heterocycles. The highest BCUT2D eigenvalue weighted by molar-refractivity contribution is 5.78. The van der Waals surface area contributed by atoms with Crippen LogP contribution in [-0.4, -0.2) is 41.3 Å². The van der Waals surface area contributed by atoms with E-state index in [9.17, 15) is 4.79 Å². The zero-order valence-electron chi connectivity index (χ0n) is 10.7. The summed E-state index contributed by atoms with van der Waals surface area (Å²) in [7, 11) is 1.50. The number of likely N-dealkylation sites (tertiary alicyclic amines) is 1. The molecule has 1 saturated carbocycles. The normalized spacial score (nSPS) is 31.5. The highest BCUT2D eigenvalue weighted by Gasteiger charge is 2.55. The number of esters is 1. The minimum absolute atomic E-state index is 0.0166. The van der Waals surface area contributed by atoms with E-state index in [4.69, 9.17) is 4.74 Å². The fourth-order valence-electron chi connectivity index (χ4n) is 3.66. The Morgan fingerprint density at radius 2 is 2.61 bits per heavy atom. The van der Waals surface area contributed by atoms with Crippen LogP contribution in [0, 0.1) is 11.3 Å². The summed E-state index contributed by atoms with van der Waals surface area (Å²) in [6.45, 7) is 2.66. The number of nitrogens with one attached hydrogen (secondary N) is 1. The molecule has 1 aromatic heterocycles. The van der Waals surface area contributed by atoms with Crippen molar-refractivity contribution < 1.29 is 9.53 Å². The lowest BCUT2D eigenvalue weighted by Gasteiger charge is -2.25. The molecular formula is C13H19N3O2. The SMILES string of the molecule is COC(=O)C12CCCC1CN(Cc1ccn[nH]1)C2. The van der Waals surface area contributed by atoms with E-state index < -0.39 is 0 Å². The van der Waals surface area contributed by atoms with Gasteiger partial charge < -0.3 is 4.74 Å². The van der Waals surface area contributed by atoms with Crippen molar-refractivity contribution in [2.45, 2.75) is 25.8 Å². The van der Waals surface area contributed by atoms with Gasteiger partial charge in [-0.1, -0.05) is 6.42 Å². The number of nitrogens with zero attached hydrogens (tertiary/aromatic N) is 2. The van der Waals surface area contributed by atoms with Gasteiger partial charge in [0.2, 0.25) is 0 Å². The lowest BCUT2D eigenvalue weighted by Crippen LogP contribution is -2.36. The van der Waals surface area contributed by atoms with Gasteiger partial charge in [0.15, 0.2) is 0 Å². The van der Waals surface area contributed by atoms with E-state index in [-0.39, 0.29) is 11.4 Å². The van der Waals surface area contributed by atoms with E-state index >= 15 is 0 Å². The number of aromatic nitrogens is 2. The third-order valence-corrected chi connectivity index (χ3v) is 4.49. The summed E-state index contributed by atoms with van der Waals surface area (Å²) in [5.74, 6) is 0.449. The molecule has 1 N–H and O–H groups in total. The smallest absolute Gasteiger partial charge is 0.313 e. The van der Waals surface area contributed by atoms with Crippen LogP contribution in [0.4, 0.5) is 0 Å². The Morgan fingerprint density at radius 3 is 3.33 bits per heavy atom. The molecule has 1 aromatic rings. The van der Waals surface area contributed by atoms with Crippen LogP contribution in [0.2, 0.25) is 0 Å². The number of carbonyl (C=O) groups is 1. The van der Waals surface area contributed by atoms with Crippen LogP contribution >= 0.6 is 0 Å². The maximum atomic E-state index is 12.1. The van der Waals surface area contributed by atoms with Crippen LogP contribution < -0.4 is 0 Å². The van der Waals surface area contributed by atoms with Crippen molar-refractivity contribution in [3.63, 3.8) is 0 Å². The molecule has 18 heavy (non-hydrogen) atoms. The van der Waals surface area contributed by atoms with Crippen molar-refractivity contribution in [2.75, 3.05) is 20.2 Å². The summed E-state index contributed by atoms with van der Waals surface area (Å²) in [6, 6.07) is 1.99. The molecule has 0 bridgehead atoms. The van der Waals surface area contributed by atoms with Crippen molar-refractivity contribution in [3.05, 3.63) is 18.0 Å². The average Bonchev–Trinajstić information content (AvgIpc) is 3.03. The predicted molar refractivity (Wildman–Crippen MR) is 65.7 cm³/mol. The van der Waals surface area contributed by atoms with Crippen LogP contribution in [0.5, 0.6) is 0 Å². The van der Waals surface area contributed by atoms with Crippen LogP contribution in [0.3, 0.4) is 0 Å². The molecule has 0 amide bonds. The number of aromatic amines is 1. The maximum absolute atomic E-state index is 12.1. The first kappa shape index (κ1) is 11.7. The second kappa shape index (κ2) is 4.39. The molecule has 2 atom stereocenters. The monoisotopic (exact) mass is 249 g/mol. The van der Waals surface area contributed by atoms with Gasteiger partial charge in [-0.3, -0.25) is 14.8 Å². The summed E-state index contributed by atoms with van der Waals surface area (Å²) in [4.78, 5) is 14.4. The number of hydrogen-bond acceptors (Lipinski definition) is 4. The van der Waals surface area contributed by atoms with Gasteiger partial charge in [-0.15, -0.1) is 0 Å². The van der Waals surface area contributed by atoms with Crippen LogP contribution in [0.1, 0.15) is 25.0 Å². The lowest BCUT2D eigenvalue weighted by molar-refractivity contribution is -0.153. The van der Waals surface area contributed by atoms with E-state index in [2.05, 4.69) is 15.1 Å². The average molecular weight is 249 g/mol. The first-order valence-electron chi connectivity index (χ1n) is 6.53. The molecule has 2 aliphatic rings. The Labute approximate surface area is 107 Å². The summed E-state index contributed by atoms with van der Waals surface area (Å²) >= 11 is 0. The van der Waals surface area contributed by atoms with Gasteiger partial charge in [-0.25, -0.2) is 0 Å². The number of carbonyl (C=O) groups excluding carboxylic acids is 1. The summed E-state index contributed by atoms with van der Waals surface area (Å²) in [5, 5.41) is 6.94. The van der Waals surface area contributed by atoms with E-state index in [1.165, 1.54) is 7.11 Å². The molecule has 0 aromatic carbocycles. The number of fused-ring (bicyclic) bond motifs is 1. The number of methoxy groups -OCH3 is 1. The van der Waals surface area contributed by atoms with Crippen molar-refractivity contribution >= 4 is 5.97 Å². The van der Waals surface area contributed by atoms with Gasteiger partial charge in [0.1, 0.15) is 0 Å². The largest absolute Gasteiger partial charge is 0.469 e. The second-order valence-electron chi connectivity index (χ2n) is 5.49. The first-order valence-corrected chi connectivity index (χ1v) is 6.53. The molecule has 3 rings (SSSR count). The fourth-order valence-corrected chi connectivity index (χ4v) is 3.66. The highest BCUT2D eigenvalue weighted by atomic mass is 16.5. The van der Waals surface area contributed by atoms with E-state index in [1.807, 2.05) is 6.07 Å². The molecule has 98 valence electrons. The topological polar surface area (TPSA) is 58.2 Å². The van der Waals surface area contributed by atoms with Gasteiger partial charge in [0.05, 0.1) is 12.5 Å². The minimum Gasteiger partial charge on any atom is -0.469 e. The minimum atomic E-state index is -0.241. The van der Waals surface area contributed by atoms with E-state index in [1.54, 1.807) is 6.20 Å². The van der Waals surface area contributed by atoms with Gasteiger partial charge in [-0.2, -0.15) is 5.10 Å². The Bertz CT molecular complexity index is 431. The third-order valence-electron chi connectivity index (χ3n) is 4.49. The number of ether oxygens (including phenoxy) is 1. The maximum Gasteiger partial charge on any atom is 0.313 e. The van der Waals surface area contributed by atoms with Gasteiger partial charge in [-0.05, 0) is 24.8 Å². The van der Waals surface area contributed by atoms with Gasteiger partial charge in [0.25, 0.3) is 0 Å². The standard InChI is InChI=1S/C13H19N3O2/c1-18-12(17)13-5-2-3-10(13)7-16(9-13)8-11-4-6-14-15-11/h4,6,10H,2-3,5,7-9H2,1H3,(H,14,15). The predicted octanol–water partition coefficient (Wildman–Crippen LogP) is 1.18. The summed E-state index contributed by atoms with van der Waals surface area (Å²) < 4.78 is 5.04. The Morgan fingerprint density at radius 1 is 1.72 bits per heavy atom. The molecule has 0 radical (unpaired) electrons. The third kappa shape index (κ3) is 1.73. The van der Waals surface area contributed by atoms with E-state index in [0.717, 1.165) is 44.6 Å². The van der Waals surface area contributed by atoms with Crippen molar-refractivity contribution in [3.8, 4) is 0 Å². The molecule has 0 spiro atoms. The van der Waals surface area contributed by atoms with Crippen LogP contribution in [0.25, 0.3) is 0 Å². The molecule has 2 heterocycles. The van der Waals surface area contributed by atoms with E-state index in [0.29, 0.717) is 5.92 Å². The summed E-state index contributed by atoms with van der Waals surface area (Å²) in [6.07, 6.45) is 5.04. The molecule has 1 aliphatic carbocycles. The second-order valence-corrected chi connectivity index (χ2v) is 5.49. The van der Waals surface area contributed by atoms with Crippen molar-refractivity contribution in [2.24, 2.45) is 11.3 Å². The lowest BCUT2D eigenvalue weighted by atomic mass is 9.81. The van der Waals surface area contributed by atoms with Crippen LogP contribution in [-0.2, 0) is 16.1 Å². The fraction of sp³-hybridized carbons (Fsp3) is 0.692. The Hall–Kier alpha value is -1.36. The molecule has 1 aliphatic heterocycles. The zero-order valence-corrected chi connectivity index (χ0v) is 10.7. The van der Waals surface area contributed by atoms with Gasteiger partial charge >= 0.3 is 5.97 Å². The van der Waals surface area contributed by atoms with Crippen molar-refractivity contribution in [1.29, 1.82) is 0 Å². The molecular weight excluding hydrogens is 230 g/mol. The molecule has 5 heteroatoms. The Kier molecular flexibility index (Phi) is 2.86. The van der Waals surface area contributed by atoms with Crippen LogP contribution in [0.15, 0.2) is 12.3 Å². The first-order chi connectivity index (χ1) is 8.74. The number of H-pyrrole nitrogens is 1. The zero-order chi connectivity index (χ0) is 12.6.